The minimum absolute atomic E-state index is 0.0912. The quantitative estimate of drug-likeness (QED) is 0.241. The van der Waals surface area contributed by atoms with Gasteiger partial charge in [-0.05, 0) is 49.4 Å². The highest BCUT2D eigenvalue weighted by molar-refractivity contribution is 6.41. The van der Waals surface area contributed by atoms with Crippen LogP contribution in [0.15, 0.2) is 47.9 Å². The van der Waals surface area contributed by atoms with Crippen LogP contribution in [-0.4, -0.2) is 72.7 Å². The zero-order valence-corrected chi connectivity index (χ0v) is 26.8. The van der Waals surface area contributed by atoms with Crippen LogP contribution < -0.4 is 25.2 Å². The summed E-state index contributed by atoms with van der Waals surface area (Å²) in [7, 11) is 6.66. The number of carbonyl (C=O) groups is 1. The molecule has 0 aliphatic carbocycles. The molecule has 5 rings (SSSR count). The largest absolute Gasteiger partial charge is 0.495 e. The SMILES string of the molecule is C=CC(=O)Cc1cc(N2CCN(C)CC2)cc(C)c1Nc1cc2c(=O)n(C)c(-c3c(Cl)c(OC)cc(OC)c3Cl)nc2cn1. The summed E-state index contributed by atoms with van der Waals surface area (Å²) in [4.78, 5) is 40.1. The minimum atomic E-state index is -0.325. The molecule has 44 heavy (non-hydrogen) atoms. The molecule has 1 saturated heterocycles. The number of allylic oxidation sites excluding steroid dienone is 1. The van der Waals surface area contributed by atoms with E-state index in [0.717, 1.165) is 48.7 Å². The summed E-state index contributed by atoms with van der Waals surface area (Å²) < 4.78 is 12.2. The molecule has 1 N–H and O–H groups in total. The van der Waals surface area contributed by atoms with Gasteiger partial charge in [0.15, 0.2) is 5.78 Å². The summed E-state index contributed by atoms with van der Waals surface area (Å²) in [5, 5.41) is 4.10. The van der Waals surface area contributed by atoms with Crippen molar-refractivity contribution in [3.63, 3.8) is 0 Å². The number of halogens is 2. The fourth-order valence-electron chi connectivity index (χ4n) is 5.34. The molecule has 0 amide bonds. The number of nitrogens with zero attached hydrogens (tertiary/aromatic N) is 5. The van der Waals surface area contributed by atoms with Crippen LogP contribution in [0.3, 0.4) is 0 Å². The highest BCUT2D eigenvalue weighted by Gasteiger charge is 2.24. The number of piperazine rings is 1. The Morgan fingerprint density at radius 1 is 1.05 bits per heavy atom. The van der Waals surface area contributed by atoms with E-state index in [-0.39, 0.29) is 33.6 Å². The number of anilines is 3. The molecule has 2 aromatic carbocycles. The number of ketones is 1. The predicted molar refractivity (Wildman–Crippen MR) is 176 cm³/mol. The van der Waals surface area contributed by atoms with Gasteiger partial charge in [-0.3, -0.25) is 14.2 Å². The van der Waals surface area contributed by atoms with Crippen molar-refractivity contribution in [3.8, 4) is 22.9 Å². The third kappa shape index (κ3) is 5.97. The Balaban J connectivity index is 1.56. The first-order chi connectivity index (χ1) is 21.1. The average molecular weight is 638 g/mol. The molecule has 0 unspecified atom stereocenters. The maximum absolute atomic E-state index is 13.7. The second kappa shape index (κ2) is 12.9. The molecule has 10 nitrogen and oxygen atoms in total. The van der Waals surface area contributed by atoms with Crippen molar-refractivity contribution in [2.24, 2.45) is 7.05 Å². The molecule has 3 heterocycles. The normalized spacial score (nSPS) is 13.7. The first-order valence-electron chi connectivity index (χ1n) is 14.0. The molecular weight excluding hydrogens is 603 g/mol. The molecule has 0 atom stereocenters. The van der Waals surface area contributed by atoms with Crippen LogP contribution in [0.2, 0.25) is 10.0 Å². The summed E-state index contributed by atoms with van der Waals surface area (Å²) in [6.45, 7) is 9.39. The Labute approximate surface area is 265 Å². The summed E-state index contributed by atoms with van der Waals surface area (Å²) >= 11 is 13.3. The molecule has 2 aromatic heterocycles. The van der Waals surface area contributed by atoms with Gasteiger partial charge in [-0.25, -0.2) is 9.97 Å². The van der Waals surface area contributed by atoms with Crippen LogP contribution in [0.5, 0.6) is 11.5 Å². The van der Waals surface area contributed by atoms with E-state index in [1.807, 2.05) is 13.0 Å². The van der Waals surface area contributed by atoms with Gasteiger partial charge in [0.2, 0.25) is 0 Å². The topological polar surface area (TPSA) is 102 Å². The number of benzene rings is 2. The van der Waals surface area contributed by atoms with E-state index in [1.165, 1.54) is 31.1 Å². The van der Waals surface area contributed by atoms with Crippen LogP contribution in [-0.2, 0) is 18.3 Å². The standard InChI is InChI=1S/C32H34Cl2N6O4/c1-7-21(41)14-19-13-20(40-10-8-38(3)9-11-40)12-18(2)30(19)37-26-15-22-23(17-35-26)36-31(39(4)32(22)42)27-28(33)24(43-5)16-25(44-6)29(27)34/h7,12-13,15-17H,1,8-11,14H2,2-6H3,(H,35,37). The van der Waals surface area contributed by atoms with Crippen molar-refractivity contribution in [2.75, 3.05) is 57.7 Å². The van der Waals surface area contributed by atoms with Crippen LogP contribution in [0, 0.1) is 6.92 Å². The maximum atomic E-state index is 13.7. The number of methoxy groups -OCH3 is 2. The zero-order valence-electron chi connectivity index (χ0n) is 25.3. The molecule has 4 aromatic rings. The van der Waals surface area contributed by atoms with Gasteiger partial charge in [0.05, 0.1) is 46.9 Å². The third-order valence-electron chi connectivity index (χ3n) is 7.88. The molecule has 0 bridgehead atoms. The van der Waals surface area contributed by atoms with Gasteiger partial charge in [-0.2, -0.15) is 0 Å². The Bertz CT molecular complexity index is 1800. The van der Waals surface area contributed by atoms with E-state index in [1.54, 1.807) is 19.2 Å². The average Bonchev–Trinajstić information content (AvgIpc) is 3.01. The van der Waals surface area contributed by atoms with Gasteiger partial charge in [0.1, 0.15) is 23.1 Å². The third-order valence-corrected chi connectivity index (χ3v) is 8.63. The smallest absolute Gasteiger partial charge is 0.261 e. The summed E-state index contributed by atoms with van der Waals surface area (Å²) in [5.74, 6) is 1.24. The number of likely N-dealkylation sites (N-methyl/N-ethyl adjacent to an activating group) is 1. The van der Waals surface area contributed by atoms with E-state index in [9.17, 15) is 9.59 Å². The minimum Gasteiger partial charge on any atom is -0.495 e. The predicted octanol–water partition coefficient (Wildman–Crippen LogP) is 5.42. The van der Waals surface area contributed by atoms with Gasteiger partial charge >= 0.3 is 0 Å². The molecule has 0 radical (unpaired) electrons. The second-order valence-electron chi connectivity index (χ2n) is 10.7. The van der Waals surface area contributed by atoms with Crippen LogP contribution in [0.4, 0.5) is 17.2 Å². The van der Waals surface area contributed by atoms with Gasteiger partial charge in [-0.1, -0.05) is 29.8 Å². The lowest BCUT2D eigenvalue weighted by molar-refractivity contribution is -0.114. The fourth-order valence-corrected chi connectivity index (χ4v) is 6.01. The number of aryl methyl sites for hydroxylation is 1. The van der Waals surface area contributed by atoms with Crippen molar-refractivity contribution in [1.82, 2.24) is 19.4 Å². The second-order valence-corrected chi connectivity index (χ2v) is 11.5. The molecular formula is C32H34Cl2N6O4. The van der Waals surface area contributed by atoms with Crippen molar-refractivity contribution in [2.45, 2.75) is 13.3 Å². The summed E-state index contributed by atoms with van der Waals surface area (Å²) in [6, 6.07) is 7.38. The number of rotatable bonds is 9. The zero-order chi connectivity index (χ0) is 31.7. The van der Waals surface area contributed by atoms with E-state index >= 15 is 0 Å². The first kappa shape index (κ1) is 31.3. The van der Waals surface area contributed by atoms with Gasteiger partial charge in [0, 0.05) is 57.1 Å². The van der Waals surface area contributed by atoms with Gasteiger partial charge in [0.25, 0.3) is 5.56 Å². The Hall–Kier alpha value is -4.12. The number of carbonyl (C=O) groups excluding carboxylic acids is 1. The molecule has 0 spiro atoms. The van der Waals surface area contributed by atoms with Crippen molar-refractivity contribution >= 4 is 57.1 Å². The number of hydrogen-bond donors (Lipinski definition) is 1. The van der Waals surface area contributed by atoms with E-state index in [0.29, 0.717) is 33.8 Å². The van der Waals surface area contributed by atoms with E-state index in [4.69, 9.17) is 37.7 Å². The number of pyridine rings is 1. The number of ether oxygens (including phenoxy) is 2. The Morgan fingerprint density at radius 3 is 2.32 bits per heavy atom. The molecule has 230 valence electrons. The number of hydrogen-bond acceptors (Lipinski definition) is 9. The van der Waals surface area contributed by atoms with E-state index < -0.39 is 0 Å². The number of fused-ring (bicyclic) bond motifs is 1. The lowest BCUT2D eigenvalue weighted by Gasteiger charge is -2.34. The fraction of sp³-hybridized carbons (Fsp3) is 0.312. The highest BCUT2D eigenvalue weighted by atomic mass is 35.5. The maximum Gasteiger partial charge on any atom is 0.261 e. The number of nitrogens with one attached hydrogen (secondary N) is 1. The first-order valence-corrected chi connectivity index (χ1v) is 14.8. The van der Waals surface area contributed by atoms with Crippen LogP contribution in [0.1, 0.15) is 11.1 Å². The van der Waals surface area contributed by atoms with Crippen LogP contribution >= 0.6 is 23.2 Å². The highest BCUT2D eigenvalue weighted by Crippen LogP contribution is 2.45. The van der Waals surface area contributed by atoms with Crippen molar-refractivity contribution < 1.29 is 14.3 Å². The summed E-state index contributed by atoms with van der Waals surface area (Å²) in [6.07, 6.45) is 3.03. The lowest BCUT2D eigenvalue weighted by atomic mass is 10.0. The molecule has 1 aliphatic heterocycles. The molecule has 12 heteroatoms. The van der Waals surface area contributed by atoms with Gasteiger partial charge < -0.3 is 24.6 Å². The molecule has 1 fully saturated rings. The number of aromatic nitrogens is 3. The summed E-state index contributed by atoms with van der Waals surface area (Å²) in [5.41, 5.74) is 3.93. The van der Waals surface area contributed by atoms with Crippen molar-refractivity contribution in [3.05, 3.63) is 74.6 Å². The Morgan fingerprint density at radius 2 is 1.70 bits per heavy atom. The monoisotopic (exact) mass is 636 g/mol. The lowest BCUT2D eigenvalue weighted by Crippen LogP contribution is -2.44. The van der Waals surface area contributed by atoms with Crippen LogP contribution in [0.25, 0.3) is 22.3 Å². The van der Waals surface area contributed by atoms with Gasteiger partial charge in [-0.15, -0.1) is 0 Å². The molecule has 0 saturated carbocycles. The van der Waals surface area contributed by atoms with E-state index in [2.05, 4.69) is 39.8 Å². The molecule has 1 aliphatic rings. The Kier molecular flexibility index (Phi) is 9.15. The van der Waals surface area contributed by atoms with Crippen molar-refractivity contribution in [1.29, 1.82) is 0 Å².